The summed E-state index contributed by atoms with van der Waals surface area (Å²) in [6.07, 6.45) is 0. The van der Waals surface area contributed by atoms with Gasteiger partial charge in [0.1, 0.15) is 12.4 Å². The van der Waals surface area contributed by atoms with Gasteiger partial charge in [-0.1, -0.05) is 41.4 Å². The number of para-hydroxylation sites is 1. The molecule has 0 fully saturated rings. The normalized spacial score (nSPS) is 10.8. The summed E-state index contributed by atoms with van der Waals surface area (Å²) in [6, 6.07) is 16.9. The van der Waals surface area contributed by atoms with Gasteiger partial charge in [-0.3, -0.25) is 0 Å². The van der Waals surface area contributed by atoms with E-state index in [1.165, 1.54) is 0 Å². The summed E-state index contributed by atoms with van der Waals surface area (Å²) in [5.41, 5.74) is 5.98. The number of aromatic nitrogens is 3. The number of ether oxygens (including phenoxy) is 3. The van der Waals surface area contributed by atoms with Gasteiger partial charge in [0.25, 0.3) is 0 Å². The molecule has 188 valence electrons. The molecule has 3 aromatic carbocycles. The highest BCUT2D eigenvalue weighted by atomic mass is 79.9. The van der Waals surface area contributed by atoms with Crippen LogP contribution >= 0.6 is 51.3 Å². The third kappa shape index (κ3) is 5.98. The summed E-state index contributed by atoms with van der Waals surface area (Å²) in [4.78, 5) is 0. The number of nitrogens with one attached hydrogen (secondary N) is 2. The van der Waals surface area contributed by atoms with E-state index in [4.69, 9.17) is 49.6 Å². The molecule has 0 aliphatic heterocycles. The van der Waals surface area contributed by atoms with Crippen molar-refractivity contribution in [3.8, 4) is 28.6 Å². The van der Waals surface area contributed by atoms with Gasteiger partial charge in [0.05, 0.1) is 40.3 Å². The molecule has 4 rings (SSSR count). The van der Waals surface area contributed by atoms with E-state index in [1.807, 2.05) is 49.4 Å². The molecule has 0 spiro atoms. The van der Waals surface area contributed by atoms with Crippen molar-refractivity contribution in [3.05, 3.63) is 85.0 Å². The molecule has 0 radical (unpaired) electrons. The zero-order valence-electron chi connectivity index (χ0n) is 19.5. The van der Waals surface area contributed by atoms with Gasteiger partial charge in [0, 0.05) is 0 Å². The molecule has 1 aromatic heterocycles. The van der Waals surface area contributed by atoms with Gasteiger partial charge in [0.15, 0.2) is 17.3 Å². The zero-order valence-corrected chi connectivity index (χ0v) is 23.4. The minimum absolute atomic E-state index is 0.305. The Kier molecular flexibility index (Phi) is 8.79. The first kappa shape index (κ1) is 26.3. The van der Waals surface area contributed by atoms with Crippen molar-refractivity contribution < 1.29 is 14.2 Å². The fourth-order valence-corrected chi connectivity index (χ4v) is 4.66. The van der Waals surface area contributed by atoms with E-state index in [1.54, 1.807) is 23.9 Å². The Morgan fingerprint density at radius 3 is 2.58 bits per heavy atom. The molecule has 36 heavy (non-hydrogen) atoms. The monoisotopic (exact) mass is 608 g/mol. The highest BCUT2D eigenvalue weighted by Gasteiger charge is 2.16. The van der Waals surface area contributed by atoms with Crippen molar-refractivity contribution in [1.29, 1.82) is 0 Å². The molecule has 4 aromatic rings. The molecular weight excluding hydrogens is 587 g/mol. The van der Waals surface area contributed by atoms with Gasteiger partial charge in [-0.2, -0.15) is 5.10 Å². The van der Waals surface area contributed by atoms with Crippen LogP contribution in [0.15, 0.2) is 59.1 Å². The van der Waals surface area contributed by atoms with E-state index in [2.05, 4.69) is 31.6 Å². The molecule has 0 amide bonds. The second-order valence-electron chi connectivity index (χ2n) is 7.60. The Hall–Kier alpha value is -2.72. The summed E-state index contributed by atoms with van der Waals surface area (Å²) >= 11 is 21.2. The van der Waals surface area contributed by atoms with Gasteiger partial charge in [-0.05, 0) is 82.6 Å². The molecule has 0 aliphatic rings. The summed E-state index contributed by atoms with van der Waals surface area (Å²) in [5.74, 6) is 2.52. The second kappa shape index (κ2) is 12.0. The summed E-state index contributed by atoms with van der Waals surface area (Å²) in [6.45, 7) is 3.16. The topological polar surface area (TPSA) is 73.3 Å². The summed E-state index contributed by atoms with van der Waals surface area (Å²) < 4.78 is 20.4. The van der Waals surface area contributed by atoms with E-state index in [-0.39, 0.29) is 0 Å². The van der Waals surface area contributed by atoms with E-state index < -0.39 is 0 Å². The minimum Gasteiger partial charge on any atom is -0.496 e. The number of benzene rings is 3. The second-order valence-corrected chi connectivity index (χ2v) is 9.65. The van der Waals surface area contributed by atoms with Gasteiger partial charge in [-0.15, -0.1) is 0 Å². The molecule has 2 N–H and O–H groups in total. The van der Waals surface area contributed by atoms with Crippen molar-refractivity contribution in [2.24, 2.45) is 0 Å². The highest BCUT2D eigenvalue weighted by molar-refractivity contribution is 9.10. The minimum atomic E-state index is 0.305. The average molecular weight is 610 g/mol. The van der Waals surface area contributed by atoms with Crippen LogP contribution in [0.1, 0.15) is 18.1 Å². The first-order chi connectivity index (χ1) is 17.4. The molecule has 0 aliphatic carbocycles. The van der Waals surface area contributed by atoms with Crippen molar-refractivity contribution in [2.75, 3.05) is 19.1 Å². The lowest BCUT2D eigenvalue weighted by Gasteiger charge is -2.17. The fourth-order valence-electron chi connectivity index (χ4n) is 3.54. The summed E-state index contributed by atoms with van der Waals surface area (Å²) in [5, 5.41) is 8.20. The van der Waals surface area contributed by atoms with Gasteiger partial charge >= 0.3 is 0 Å². The zero-order chi connectivity index (χ0) is 25.7. The van der Waals surface area contributed by atoms with Gasteiger partial charge < -0.3 is 19.6 Å². The number of methoxy groups -OCH3 is 1. The van der Waals surface area contributed by atoms with Gasteiger partial charge in [-0.25, -0.2) is 9.77 Å². The first-order valence-electron chi connectivity index (χ1n) is 11.0. The molecular formula is C25H23BrCl2N4O3S. The molecule has 11 heteroatoms. The van der Waals surface area contributed by atoms with E-state index >= 15 is 0 Å². The fraction of sp³-hybridized carbons (Fsp3) is 0.200. The third-order valence-corrected chi connectivity index (χ3v) is 6.80. The third-order valence-electron chi connectivity index (χ3n) is 5.20. The standard InChI is InChI=1S/C25H23BrCl2N4O3S/c1-3-34-22-12-16(10-18(26)23(22)35-14-15-8-9-19(27)20(28)11-15)13-29-32-24(30-31-25(32)36)17-6-4-5-7-21(17)33-2/h4-12,29H,3,13-14H2,1-2H3,(H,31,36). The van der Waals surface area contributed by atoms with Crippen LogP contribution in [-0.2, 0) is 13.2 Å². The molecule has 0 atom stereocenters. The predicted octanol–water partition coefficient (Wildman–Crippen LogP) is 7.41. The van der Waals surface area contributed by atoms with Crippen molar-refractivity contribution in [1.82, 2.24) is 14.9 Å². The van der Waals surface area contributed by atoms with Crippen LogP contribution in [0.25, 0.3) is 11.4 Å². The SMILES string of the molecule is CCOc1cc(CNn2c(-c3ccccc3OC)n[nH]c2=S)cc(Br)c1OCc1ccc(Cl)c(Cl)c1. The number of nitrogens with zero attached hydrogens (tertiary/aromatic N) is 2. The molecule has 0 saturated heterocycles. The van der Waals surface area contributed by atoms with Crippen LogP contribution in [0.3, 0.4) is 0 Å². The van der Waals surface area contributed by atoms with Crippen molar-refractivity contribution >= 4 is 51.3 Å². The maximum atomic E-state index is 6.13. The maximum absolute atomic E-state index is 6.13. The Morgan fingerprint density at radius 1 is 1.03 bits per heavy atom. The average Bonchev–Trinajstić information content (AvgIpc) is 3.24. The lowest BCUT2D eigenvalue weighted by molar-refractivity contribution is 0.267. The van der Waals surface area contributed by atoms with Crippen LogP contribution < -0.4 is 19.6 Å². The largest absolute Gasteiger partial charge is 0.496 e. The highest BCUT2D eigenvalue weighted by Crippen LogP contribution is 2.38. The van der Waals surface area contributed by atoms with E-state index in [9.17, 15) is 0 Å². The van der Waals surface area contributed by atoms with E-state index in [0.717, 1.165) is 21.2 Å². The van der Waals surface area contributed by atoms with Crippen LogP contribution in [0, 0.1) is 4.77 Å². The number of aromatic amines is 1. The Balaban J connectivity index is 1.55. The first-order valence-corrected chi connectivity index (χ1v) is 12.9. The number of hydrogen-bond acceptors (Lipinski definition) is 6. The lowest BCUT2D eigenvalue weighted by atomic mass is 10.2. The van der Waals surface area contributed by atoms with Crippen LogP contribution in [0.5, 0.6) is 17.2 Å². The Bertz CT molecular complexity index is 1430. The lowest BCUT2D eigenvalue weighted by Crippen LogP contribution is -2.16. The maximum Gasteiger partial charge on any atom is 0.214 e. The Labute approximate surface area is 232 Å². The number of hydrogen-bond donors (Lipinski definition) is 2. The van der Waals surface area contributed by atoms with Crippen molar-refractivity contribution in [2.45, 2.75) is 20.1 Å². The van der Waals surface area contributed by atoms with Crippen LogP contribution in [0.2, 0.25) is 10.0 Å². The number of H-pyrrole nitrogens is 1. The number of rotatable bonds is 10. The molecule has 0 saturated carbocycles. The summed E-state index contributed by atoms with van der Waals surface area (Å²) in [7, 11) is 1.62. The van der Waals surface area contributed by atoms with E-state index in [0.29, 0.717) is 57.6 Å². The number of halogens is 3. The molecule has 1 heterocycles. The molecule has 0 bridgehead atoms. The smallest absolute Gasteiger partial charge is 0.214 e. The van der Waals surface area contributed by atoms with Crippen molar-refractivity contribution in [3.63, 3.8) is 0 Å². The van der Waals surface area contributed by atoms with Crippen LogP contribution in [0.4, 0.5) is 0 Å². The predicted molar refractivity (Wildman–Crippen MR) is 149 cm³/mol. The Morgan fingerprint density at radius 2 is 1.83 bits per heavy atom. The molecule has 7 nitrogen and oxygen atoms in total. The molecule has 0 unspecified atom stereocenters. The quantitative estimate of drug-likeness (QED) is 0.182. The van der Waals surface area contributed by atoms with Crippen LogP contribution in [-0.4, -0.2) is 28.6 Å². The van der Waals surface area contributed by atoms with Gasteiger partial charge in [0.2, 0.25) is 4.77 Å².